The number of hydrogen-bond acceptors (Lipinski definition) is 5. The molecule has 0 saturated heterocycles. The van der Waals surface area contributed by atoms with E-state index >= 15 is 0 Å². The number of aryl methyl sites for hydroxylation is 1. The lowest BCUT2D eigenvalue weighted by Gasteiger charge is -2.13. The van der Waals surface area contributed by atoms with Crippen LogP contribution in [0.2, 0.25) is 0 Å². The molecule has 1 amide bonds. The summed E-state index contributed by atoms with van der Waals surface area (Å²) >= 11 is 0. The number of carboxylic acid groups (broad SMARTS) is 1. The monoisotopic (exact) mass is 382 g/mol. The summed E-state index contributed by atoms with van der Waals surface area (Å²) in [7, 11) is 0. The molecule has 146 valence electrons. The zero-order valence-corrected chi connectivity index (χ0v) is 15.6. The Balaban J connectivity index is 1.86. The number of benzene rings is 1. The zero-order valence-electron chi connectivity index (χ0n) is 15.6. The molecule has 0 unspecified atom stereocenters. The Labute approximate surface area is 161 Å². The molecule has 0 radical (unpaired) electrons. The van der Waals surface area contributed by atoms with Crippen molar-refractivity contribution in [2.75, 3.05) is 6.54 Å². The van der Waals surface area contributed by atoms with Gasteiger partial charge < -0.3 is 15.5 Å². The Morgan fingerprint density at radius 3 is 2.75 bits per heavy atom. The van der Waals surface area contributed by atoms with Crippen molar-refractivity contribution in [1.82, 2.24) is 15.1 Å². The molecule has 8 nitrogen and oxygen atoms in total. The second-order valence-electron chi connectivity index (χ2n) is 7.16. The number of hydrogen-bond donors (Lipinski definition) is 3. The summed E-state index contributed by atoms with van der Waals surface area (Å²) in [4.78, 5) is 28.9. The second-order valence-corrected chi connectivity index (χ2v) is 7.16. The molecule has 8 heteroatoms. The van der Waals surface area contributed by atoms with Crippen molar-refractivity contribution in [3.63, 3.8) is 0 Å². The van der Waals surface area contributed by atoms with E-state index < -0.39 is 5.97 Å². The van der Waals surface area contributed by atoms with Crippen LogP contribution in [0.5, 0.6) is 5.75 Å². The highest BCUT2D eigenvalue weighted by Crippen LogP contribution is 2.36. The van der Waals surface area contributed by atoms with Gasteiger partial charge >= 0.3 is 5.97 Å². The number of aromatic carboxylic acids is 1. The first-order valence-electron chi connectivity index (χ1n) is 9.53. The van der Waals surface area contributed by atoms with Gasteiger partial charge in [-0.05, 0) is 43.0 Å². The van der Waals surface area contributed by atoms with Gasteiger partial charge in [-0.25, -0.2) is 14.5 Å². The van der Waals surface area contributed by atoms with Crippen LogP contribution >= 0.6 is 0 Å². The first-order valence-corrected chi connectivity index (χ1v) is 9.53. The van der Waals surface area contributed by atoms with Gasteiger partial charge in [-0.15, -0.1) is 0 Å². The number of rotatable bonds is 4. The molecular formula is C20H22N4O4. The van der Waals surface area contributed by atoms with Crippen LogP contribution < -0.4 is 5.32 Å². The van der Waals surface area contributed by atoms with Crippen molar-refractivity contribution in [2.45, 2.75) is 45.1 Å². The molecule has 1 aliphatic carbocycles. The van der Waals surface area contributed by atoms with E-state index in [4.69, 9.17) is 4.99 Å². The Hall–Kier alpha value is -3.16. The summed E-state index contributed by atoms with van der Waals surface area (Å²) < 4.78 is 1.88. The molecule has 0 spiro atoms. The van der Waals surface area contributed by atoms with E-state index in [-0.39, 0.29) is 29.8 Å². The summed E-state index contributed by atoms with van der Waals surface area (Å²) in [5, 5.41) is 26.6. The molecule has 4 rings (SSSR count). The van der Waals surface area contributed by atoms with Crippen molar-refractivity contribution in [3.05, 3.63) is 40.6 Å². The maximum Gasteiger partial charge on any atom is 0.339 e. The van der Waals surface area contributed by atoms with Crippen LogP contribution in [0, 0.1) is 0 Å². The van der Waals surface area contributed by atoms with E-state index in [1.165, 1.54) is 12.1 Å². The molecule has 2 heterocycles. The van der Waals surface area contributed by atoms with Gasteiger partial charge in [0.1, 0.15) is 16.9 Å². The normalized spacial score (nSPS) is 17.0. The molecule has 1 fully saturated rings. The van der Waals surface area contributed by atoms with E-state index in [1.807, 2.05) is 11.6 Å². The quantitative estimate of drug-likeness (QED) is 0.752. The van der Waals surface area contributed by atoms with Crippen molar-refractivity contribution in [3.8, 4) is 5.75 Å². The maximum absolute atomic E-state index is 12.7. The minimum atomic E-state index is -1.22. The number of amides is 1. The lowest BCUT2D eigenvalue weighted by molar-refractivity contribution is 0.0693. The van der Waals surface area contributed by atoms with Gasteiger partial charge in [0.2, 0.25) is 0 Å². The van der Waals surface area contributed by atoms with E-state index in [0.29, 0.717) is 29.1 Å². The van der Waals surface area contributed by atoms with Crippen LogP contribution in [0.15, 0.2) is 23.2 Å². The third kappa shape index (κ3) is 3.04. The van der Waals surface area contributed by atoms with Crippen LogP contribution in [0.25, 0.3) is 0 Å². The van der Waals surface area contributed by atoms with Gasteiger partial charge in [0.05, 0.1) is 24.0 Å². The molecule has 1 aromatic carbocycles. The number of phenols is 1. The zero-order chi connectivity index (χ0) is 19.8. The topological polar surface area (TPSA) is 117 Å². The number of aromatic nitrogens is 2. The standard InChI is InChI=1S/C20H22N4O4/c1-2-14-17-18(24(23-14)12-5-3-4-6-12)22-15(10-21-19(17)26)11-7-8-16(25)13(9-11)20(27)28/h7-9,12,25H,2-6,10H2,1H3,(H,21,26)(H,27,28). The number of carboxylic acids is 1. The van der Waals surface area contributed by atoms with Crippen LogP contribution in [-0.2, 0) is 6.42 Å². The van der Waals surface area contributed by atoms with Crippen LogP contribution in [0.1, 0.15) is 70.6 Å². The van der Waals surface area contributed by atoms with Crippen molar-refractivity contribution < 1.29 is 19.8 Å². The largest absolute Gasteiger partial charge is 0.507 e. The van der Waals surface area contributed by atoms with Crippen molar-refractivity contribution in [2.24, 2.45) is 4.99 Å². The van der Waals surface area contributed by atoms with Gasteiger partial charge in [-0.3, -0.25) is 4.79 Å². The predicted molar refractivity (Wildman–Crippen MR) is 103 cm³/mol. The molecule has 2 aliphatic rings. The van der Waals surface area contributed by atoms with Crippen LogP contribution in [0.3, 0.4) is 0 Å². The van der Waals surface area contributed by atoms with Gasteiger partial charge in [-0.2, -0.15) is 5.10 Å². The van der Waals surface area contributed by atoms with Gasteiger partial charge in [0.15, 0.2) is 5.82 Å². The van der Waals surface area contributed by atoms with E-state index in [2.05, 4.69) is 10.4 Å². The first kappa shape index (κ1) is 18.2. The van der Waals surface area contributed by atoms with Gasteiger partial charge in [0.25, 0.3) is 5.91 Å². The molecule has 1 aromatic heterocycles. The summed E-state index contributed by atoms with van der Waals surface area (Å²) in [5.74, 6) is -1.20. The lowest BCUT2D eigenvalue weighted by atomic mass is 10.1. The fourth-order valence-electron chi connectivity index (χ4n) is 3.93. The summed E-state index contributed by atoms with van der Waals surface area (Å²) in [6.45, 7) is 2.13. The summed E-state index contributed by atoms with van der Waals surface area (Å²) in [5.41, 5.74) is 2.11. The summed E-state index contributed by atoms with van der Waals surface area (Å²) in [6.07, 6.45) is 4.90. The predicted octanol–water partition coefficient (Wildman–Crippen LogP) is 2.83. The highest BCUT2D eigenvalue weighted by molar-refractivity contribution is 6.11. The van der Waals surface area contributed by atoms with Crippen molar-refractivity contribution >= 4 is 23.4 Å². The number of carbonyl (C=O) groups is 2. The Morgan fingerprint density at radius 1 is 1.32 bits per heavy atom. The van der Waals surface area contributed by atoms with E-state index in [1.54, 1.807) is 6.07 Å². The molecular weight excluding hydrogens is 360 g/mol. The average molecular weight is 382 g/mol. The number of aliphatic imine (C=N–C) groups is 1. The fourth-order valence-corrected chi connectivity index (χ4v) is 3.93. The van der Waals surface area contributed by atoms with Crippen LogP contribution in [0.4, 0.5) is 5.82 Å². The Kier molecular flexibility index (Phi) is 4.62. The molecule has 3 N–H and O–H groups in total. The smallest absolute Gasteiger partial charge is 0.339 e. The highest BCUT2D eigenvalue weighted by Gasteiger charge is 2.30. The first-order chi connectivity index (χ1) is 13.5. The molecule has 1 aliphatic heterocycles. The second kappa shape index (κ2) is 7.10. The maximum atomic E-state index is 12.7. The van der Waals surface area contributed by atoms with Gasteiger partial charge in [-0.1, -0.05) is 19.8 Å². The Bertz CT molecular complexity index is 986. The number of aromatic hydroxyl groups is 1. The SMILES string of the molecule is CCc1nn(C2CCCC2)c2c1C(=O)NCC(c1ccc(O)c(C(=O)O)c1)=N2. The van der Waals surface area contributed by atoms with Gasteiger partial charge in [0, 0.05) is 0 Å². The Morgan fingerprint density at radius 2 is 2.07 bits per heavy atom. The molecule has 2 aromatic rings. The minimum Gasteiger partial charge on any atom is -0.507 e. The molecule has 0 atom stereocenters. The minimum absolute atomic E-state index is 0.172. The van der Waals surface area contributed by atoms with E-state index in [0.717, 1.165) is 31.4 Å². The molecule has 1 saturated carbocycles. The summed E-state index contributed by atoms with van der Waals surface area (Å²) in [6, 6.07) is 4.54. The number of nitrogens with zero attached hydrogens (tertiary/aromatic N) is 3. The highest BCUT2D eigenvalue weighted by atomic mass is 16.4. The third-order valence-electron chi connectivity index (χ3n) is 5.41. The van der Waals surface area contributed by atoms with E-state index in [9.17, 15) is 19.8 Å². The average Bonchev–Trinajstić information content (AvgIpc) is 3.29. The number of nitrogens with one attached hydrogen (secondary N) is 1. The molecule has 0 bridgehead atoms. The number of carbonyl (C=O) groups excluding carboxylic acids is 1. The molecule has 28 heavy (non-hydrogen) atoms. The van der Waals surface area contributed by atoms with Crippen LogP contribution in [-0.4, -0.2) is 44.1 Å². The number of fused-ring (bicyclic) bond motifs is 1. The van der Waals surface area contributed by atoms with Crippen molar-refractivity contribution in [1.29, 1.82) is 0 Å². The lowest BCUT2D eigenvalue weighted by Crippen LogP contribution is -2.28. The fraction of sp³-hybridized carbons (Fsp3) is 0.400. The third-order valence-corrected chi connectivity index (χ3v) is 5.41.